The van der Waals surface area contributed by atoms with E-state index in [1.54, 1.807) is 0 Å². The van der Waals surface area contributed by atoms with Crippen LogP contribution in [-0.2, 0) is 6.42 Å². The van der Waals surface area contributed by atoms with Crippen molar-refractivity contribution < 1.29 is 0 Å². The highest BCUT2D eigenvalue weighted by Gasteiger charge is 2.02. The second-order valence-corrected chi connectivity index (χ2v) is 5.02. The number of hydrogen-bond acceptors (Lipinski definition) is 4. The lowest BCUT2D eigenvalue weighted by Crippen LogP contribution is -2.13. The highest BCUT2D eigenvalue weighted by atomic mass is 16.1. The SMILES string of the molecule is CC(C)Cc1ccc(Nc2cc(C#N)[nH]c(=O)n2)cc1. The summed E-state index contributed by atoms with van der Waals surface area (Å²) >= 11 is 0. The molecule has 0 radical (unpaired) electrons. The standard InChI is InChI=1S/C15H16N4O/c1-10(2)7-11-3-5-12(6-4-11)17-14-8-13(9-16)18-15(20)19-14/h3-6,8,10H,7H2,1-2H3,(H2,17,18,19,20). The normalized spacial score (nSPS) is 10.3. The number of nitrogens with one attached hydrogen (secondary N) is 2. The summed E-state index contributed by atoms with van der Waals surface area (Å²) in [5.41, 5.74) is 1.74. The molecule has 0 aliphatic heterocycles. The number of nitriles is 1. The maximum absolute atomic E-state index is 11.3. The Morgan fingerprint density at radius 3 is 2.65 bits per heavy atom. The largest absolute Gasteiger partial charge is 0.347 e. The van der Waals surface area contributed by atoms with Crippen LogP contribution in [0.3, 0.4) is 0 Å². The molecule has 20 heavy (non-hydrogen) atoms. The van der Waals surface area contributed by atoms with Crippen molar-refractivity contribution in [3.63, 3.8) is 0 Å². The van der Waals surface area contributed by atoms with Crippen LogP contribution in [0.25, 0.3) is 0 Å². The number of hydrogen-bond donors (Lipinski definition) is 2. The van der Waals surface area contributed by atoms with Crippen molar-refractivity contribution in [3.05, 3.63) is 52.1 Å². The van der Waals surface area contributed by atoms with Gasteiger partial charge < -0.3 is 5.32 Å². The Balaban J connectivity index is 2.16. The minimum atomic E-state index is -0.539. The van der Waals surface area contributed by atoms with Crippen LogP contribution < -0.4 is 11.0 Å². The average Bonchev–Trinajstić information content (AvgIpc) is 2.39. The van der Waals surface area contributed by atoms with E-state index < -0.39 is 5.69 Å². The Morgan fingerprint density at radius 1 is 1.35 bits per heavy atom. The van der Waals surface area contributed by atoms with E-state index >= 15 is 0 Å². The highest BCUT2D eigenvalue weighted by molar-refractivity contribution is 5.57. The number of H-pyrrole nitrogens is 1. The van der Waals surface area contributed by atoms with Crippen LogP contribution in [0.15, 0.2) is 35.1 Å². The van der Waals surface area contributed by atoms with Crippen LogP contribution in [0.2, 0.25) is 0 Å². The van der Waals surface area contributed by atoms with Crippen molar-refractivity contribution in [1.82, 2.24) is 9.97 Å². The number of nitrogens with zero attached hydrogens (tertiary/aromatic N) is 2. The second kappa shape index (κ2) is 6.02. The van der Waals surface area contributed by atoms with Crippen molar-refractivity contribution in [2.75, 3.05) is 5.32 Å². The number of aromatic nitrogens is 2. The van der Waals surface area contributed by atoms with Crippen LogP contribution in [0.5, 0.6) is 0 Å². The van der Waals surface area contributed by atoms with Gasteiger partial charge in [0.15, 0.2) is 0 Å². The van der Waals surface area contributed by atoms with Gasteiger partial charge in [0.25, 0.3) is 0 Å². The number of anilines is 2. The van der Waals surface area contributed by atoms with Crippen molar-refractivity contribution in [2.24, 2.45) is 5.92 Å². The lowest BCUT2D eigenvalue weighted by atomic mass is 10.0. The lowest BCUT2D eigenvalue weighted by Gasteiger charge is -2.08. The number of aromatic amines is 1. The first-order valence-corrected chi connectivity index (χ1v) is 6.44. The Bertz CT molecular complexity index is 680. The van der Waals surface area contributed by atoms with Crippen LogP contribution in [0.4, 0.5) is 11.5 Å². The molecule has 0 aliphatic carbocycles. The first-order chi connectivity index (χ1) is 9.56. The molecule has 1 heterocycles. The Kier molecular flexibility index (Phi) is 4.16. The molecule has 0 atom stereocenters. The van der Waals surface area contributed by atoms with Gasteiger partial charge in [0.2, 0.25) is 0 Å². The molecular weight excluding hydrogens is 252 g/mol. The first-order valence-electron chi connectivity index (χ1n) is 6.44. The molecule has 0 spiro atoms. The average molecular weight is 268 g/mol. The van der Waals surface area contributed by atoms with E-state index in [0.717, 1.165) is 12.1 Å². The van der Waals surface area contributed by atoms with E-state index in [1.165, 1.54) is 11.6 Å². The summed E-state index contributed by atoms with van der Waals surface area (Å²) in [6, 6.07) is 11.4. The molecule has 0 amide bonds. The minimum absolute atomic E-state index is 0.184. The van der Waals surface area contributed by atoms with Gasteiger partial charge in [-0.15, -0.1) is 0 Å². The molecule has 0 saturated carbocycles. The summed E-state index contributed by atoms with van der Waals surface area (Å²) in [4.78, 5) is 17.4. The topological polar surface area (TPSA) is 81.6 Å². The van der Waals surface area contributed by atoms with Gasteiger partial charge in [-0.05, 0) is 30.0 Å². The van der Waals surface area contributed by atoms with Crippen molar-refractivity contribution in [2.45, 2.75) is 20.3 Å². The predicted molar refractivity (Wildman–Crippen MR) is 77.8 cm³/mol. The third kappa shape index (κ3) is 3.69. The van der Waals surface area contributed by atoms with Crippen LogP contribution in [-0.4, -0.2) is 9.97 Å². The zero-order valence-corrected chi connectivity index (χ0v) is 11.5. The Labute approximate surface area is 117 Å². The van der Waals surface area contributed by atoms with Gasteiger partial charge in [0.1, 0.15) is 17.6 Å². The van der Waals surface area contributed by atoms with E-state index in [9.17, 15) is 4.79 Å². The van der Waals surface area contributed by atoms with Gasteiger partial charge in [0, 0.05) is 11.8 Å². The fourth-order valence-electron chi connectivity index (χ4n) is 1.93. The molecule has 2 aromatic rings. The van der Waals surface area contributed by atoms with E-state index in [1.807, 2.05) is 30.3 Å². The van der Waals surface area contributed by atoms with Crippen LogP contribution in [0.1, 0.15) is 25.1 Å². The van der Waals surface area contributed by atoms with Gasteiger partial charge in [0.05, 0.1) is 0 Å². The molecular formula is C15H16N4O. The number of benzene rings is 1. The molecule has 5 heteroatoms. The maximum Gasteiger partial charge on any atom is 0.347 e. The molecule has 0 bridgehead atoms. The Hall–Kier alpha value is -2.61. The molecule has 2 rings (SSSR count). The predicted octanol–water partition coefficient (Wildman–Crippen LogP) is 2.58. The minimum Gasteiger partial charge on any atom is -0.340 e. The van der Waals surface area contributed by atoms with Crippen LogP contribution >= 0.6 is 0 Å². The van der Waals surface area contributed by atoms with Gasteiger partial charge in [-0.2, -0.15) is 10.2 Å². The molecule has 0 aliphatic rings. The van der Waals surface area contributed by atoms with Gasteiger partial charge >= 0.3 is 5.69 Å². The summed E-state index contributed by atoms with van der Waals surface area (Å²) in [7, 11) is 0. The van der Waals surface area contributed by atoms with E-state index in [2.05, 4.69) is 29.1 Å². The van der Waals surface area contributed by atoms with Crippen molar-refractivity contribution in [3.8, 4) is 6.07 Å². The molecule has 0 saturated heterocycles. The smallest absolute Gasteiger partial charge is 0.340 e. The quantitative estimate of drug-likeness (QED) is 0.893. The van der Waals surface area contributed by atoms with E-state index in [0.29, 0.717) is 11.7 Å². The summed E-state index contributed by atoms with van der Waals surface area (Å²) < 4.78 is 0. The third-order valence-electron chi connectivity index (χ3n) is 2.74. The van der Waals surface area contributed by atoms with Gasteiger partial charge in [-0.1, -0.05) is 26.0 Å². The summed E-state index contributed by atoms with van der Waals surface area (Å²) in [5.74, 6) is 0.975. The van der Waals surface area contributed by atoms with Crippen LogP contribution in [0, 0.1) is 17.2 Å². The molecule has 102 valence electrons. The fourth-order valence-corrected chi connectivity index (χ4v) is 1.93. The second-order valence-electron chi connectivity index (χ2n) is 5.02. The monoisotopic (exact) mass is 268 g/mol. The molecule has 1 aromatic heterocycles. The Morgan fingerprint density at radius 2 is 2.05 bits per heavy atom. The van der Waals surface area contributed by atoms with Gasteiger partial charge in [-0.25, -0.2) is 4.79 Å². The first kappa shape index (κ1) is 13.8. The van der Waals surface area contributed by atoms with E-state index in [-0.39, 0.29) is 5.69 Å². The highest BCUT2D eigenvalue weighted by Crippen LogP contribution is 2.16. The molecule has 0 unspecified atom stereocenters. The van der Waals surface area contributed by atoms with E-state index in [4.69, 9.17) is 5.26 Å². The van der Waals surface area contributed by atoms with Gasteiger partial charge in [-0.3, -0.25) is 4.98 Å². The van der Waals surface area contributed by atoms with Crippen molar-refractivity contribution >= 4 is 11.5 Å². The summed E-state index contributed by atoms with van der Waals surface area (Å²) in [6.45, 7) is 4.35. The summed E-state index contributed by atoms with van der Waals surface area (Å²) in [6.07, 6.45) is 1.03. The molecule has 0 fully saturated rings. The zero-order chi connectivity index (χ0) is 14.5. The number of rotatable bonds is 4. The molecule has 2 N–H and O–H groups in total. The maximum atomic E-state index is 11.3. The molecule has 5 nitrogen and oxygen atoms in total. The lowest BCUT2D eigenvalue weighted by molar-refractivity contribution is 0.647. The third-order valence-corrected chi connectivity index (χ3v) is 2.74. The summed E-state index contributed by atoms with van der Waals surface area (Å²) in [5, 5.41) is 11.8. The zero-order valence-electron chi connectivity index (χ0n) is 11.5. The molecule has 1 aromatic carbocycles. The fraction of sp³-hybridized carbons (Fsp3) is 0.267. The van der Waals surface area contributed by atoms with Crippen molar-refractivity contribution in [1.29, 1.82) is 5.26 Å².